The fraction of sp³-hybridized carbons (Fsp3) is 0.455. The van der Waals surface area contributed by atoms with Crippen molar-refractivity contribution in [2.75, 3.05) is 47.4 Å². The second kappa shape index (κ2) is 8.50. The van der Waals surface area contributed by atoms with Crippen LogP contribution >= 0.6 is 0 Å². The minimum Gasteiger partial charge on any atom is -0.493 e. The zero-order chi connectivity index (χ0) is 22.1. The number of fused-ring (bicyclic) bond motifs is 1. The molecule has 0 unspecified atom stereocenters. The third-order valence-corrected chi connectivity index (χ3v) is 5.84. The van der Waals surface area contributed by atoms with Gasteiger partial charge in [0.25, 0.3) is 5.91 Å². The number of methoxy groups -OCH3 is 2. The van der Waals surface area contributed by atoms with Crippen molar-refractivity contribution in [1.29, 1.82) is 0 Å². The van der Waals surface area contributed by atoms with Crippen molar-refractivity contribution in [3.8, 4) is 22.6 Å². The molecule has 9 heteroatoms. The molecule has 3 heterocycles. The first-order valence-corrected chi connectivity index (χ1v) is 10.4. The van der Waals surface area contributed by atoms with Gasteiger partial charge in [-0.2, -0.15) is 5.10 Å². The van der Waals surface area contributed by atoms with E-state index in [0.29, 0.717) is 48.0 Å². The molecule has 1 fully saturated rings. The Morgan fingerprint density at radius 3 is 2.42 bits per heavy atom. The Kier molecular flexibility index (Phi) is 5.77. The molecule has 1 saturated heterocycles. The lowest BCUT2D eigenvalue weighted by Gasteiger charge is -2.32. The summed E-state index contributed by atoms with van der Waals surface area (Å²) >= 11 is 0. The molecule has 1 aromatic carbocycles. The van der Waals surface area contributed by atoms with Crippen LogP contribution in [0, 0.1) is 6.92 Å². The summed E-state index contributed by atoms with van der Waals surface area (Å²) in [5.41, 5.74) is 4.34. The van der Waals surface area contributed by atoms with E-state index in [1.54, 1.807) is 18.7 Å². The van der Waals surface area contributed by atoms with E-state index in [4.69, 9.17) is 14.6 Å². The normalized spacial score (nSPS) is 14.8. The Bertz CT molecular complexity index is 1120. The Morgan fingerprint density at radius 2 is 1.77 bits per heavy atom. The molecule has 0 atom stereocenters. The number of carbonyl (C=O) groups excluding carboxylic acids is 1. The number of nitrogens with zero attached hydrogens (tertiary/aromatic N) is 6. The Hall–Kier alpha value is -3.20. The van der Waals surface area contributed by atoms with Gasteiger partial charge in [0.1, 0.15) is 0 Å². The molecule has 1 aliphatic rings. The van der Waals surface area contributed by atoms with Gasteiger partial charge in [0, 0.05) is 26.2 Å². The van der Waals surface area contributed by atoms with Crippen molar-refractivity contribution in [3.05, 3.63) is 35.3 Å². The molecule has 0 saturated carbocycles. The molecular weight excluding hydrogens is 396 g/mol. The lowest BCUT2D eigenvalue weighted by molar-refractivity contribution is 0.0655. The van der Waals surface area contributed by atoms with E-state index < -0.39 is 0 Å². The van der Waals surface area contributed by atoms with Gasteiger partial charge >= 0.3 is 0 Å². The molecule has 0 spiro atoms. The van der Waals surface area contributed by atoms with E-state index in [-0.39, 0.29) is 5.91 Å². The summed E-state index contributed by atoms with van der Waals surface area (Å²) in [6.07, 6.45) is 0.716. The summed E-state index contributed by atoms with van der Waals surface area (Å²) in [5, 5.41) is 13.5. The first-order valence-electron chi connectivity index (χ1n) is 10.4. The predicted molar refractivity (Wildman–Crippen MR) is 117 cm³/mol. The lowest BCUT2D eigenvalue weighted by atomic mass is 10.0. The number of hydrogen-bond donors (Lipinski definition) is 0. The summed E-state index contributed by atoms with van der Waals surface area (Å²) in [4.78, 5) is 17.1. The highest BCUT2D eigenvalue weighted by atomic mass is 16.5. The second-order valence-corrected chi connectivity index (χ2v) is 7.71. The number of hydrogen-bond acceptors (Lipinski definition) is 7. The summed E-state index contributed by atoms with van der Waals surface area (Å²) < 4.78 is 12.6. The largest absolute Gasteiger partial charge is 0.493 e. The van der Waals surface area contributed by atoms with E-state index in [2.05, 4.69) is 22.1 Å². The van der Waals surface area contributed by atoms with E-state index in [1.807, 2.05) is 36.9 Å². The van der Waals surface area contributed by atoms with E-state index in [1.165, 1.54) is 0 Å². The van der Waals surface area contributed by atoms with Crippen LogP contribution in [0.4, 0.5) is 0 Å². The van der Waals surface area contributed by atoms with Crippen LogP contribution in [0.3, 0.4) is 0 Å². The van der Waals surface area contributed by atoms with Crippen molar-refractivity contribution in [3.63, 3.8) is 0 Å². The monoisotopic (exact) mass is 424 g/mol. The average Bonchev–Trinajstić information content (AvgIpc) is 3.18. The van der Waals surface area contributed by atoms with Gasteiger partial charge in [0.15, 0.2) is 22.8 Å². The Labute approximate surface area is 181 Å². The van der Waals surface area contributed by atoms with Crippen LogP contribution in [0.25, 0.3) is 16.8 Å². The molecule has 9 nitrogen and oxygen atoms in total. The Balaban J connectivity index is 1.79. The standard InChI is InChI=1S/C22H28N6O3/c1-6-16-19(15-7-8-17(30-4)18(13-15)31-5)21-24-23-20(14(2)28(21)25-16)22(29)27-11-9-26(3)10-12-27/h7-8,13H,6,9-12H2,1-5H3. The smallest absolute Gasteiger partial charge is 0.276 e. The highest BCUT2D eigenvalue weighted by Crippen LogP contribution is 2.35. The summed E-state index contributed by atoms with van der Waals surface area (Å²) in [6.45, 7) is 6.99. The molecule has 164 valence electrons. The number of amides is 1. The van der Waals surface area contributed by atoms with Gasteiger partial charge in [0.2, 0.25) is 0 Å². The van der Waals surface area contributed by atoms with Crippen LogP contribution in [0.5, 0.6) is 11.5 Å². The molecular formula is C22H28N6O3. The van der Waals surface area contributed by atoms with Crippen molar-refractivity contribution < 1.29 is 14.3 Å². The van der Waals surface area contributed by atoms with E-state index >= 15 is 0 Å². The number of aromatic nitrogens is 4. The van der Waals surface area contributed by atoms with E-state index in [9.17, 15) is 4.79 Å². The van der Waals surface area contributed by atoms with Gasteiger partial charge in [-0.15, -0.1) is 10.2 Å². The molecule has 4 rings (SSSR count). The number of aryl methyl sites for hydroxylation is 2. The summed E-state index contributed by atoms with van der Waals surface area (Å²) in [7, 11) is 5.28. The van der Waals surface area contributed by atoms with Crippen LogP contribution in [-0.2, 0) is 6.42 Å². The van der Waals surface area contributed by atoms with Gasteiger partial charge in [-0.1, -0.05) is 13.0 Å². The average molecular weight is 425 g/mol. The van der Waals surface area contributed by atoms with Crippen LogP contribution in [0.1, 0.15) is 28.8 Å². The van der Waals surface area contributed by atoms with E-state index in [0.717, 1.165) is 29.9 Å². The van der Waals surface area contributed by atoms with Crippen LogP contribution in [0.15, 0.2) is 18.2 Å². The Morgan fingerprint density at radius 1 is 1.06 bits per heavy atom. The fourth-order valence-electron chi connectivity index (χ4n) is 3.94. The van der Waals surface area contributed by atoms with Crippen LogP contribution in [-0.4, -0.2) is 83.0 Å². The van der Waals surface area contributed by atoms with Gasteiger partial charge < -0.3 is 19.3 Å². The topological polar surface area (TPSA) is 85.1 Å². The summed E-state index contributed by atoms with van der Waals surface area (Å²) in [5.74, 6) is 1.19. The minimum atomic E-state index is -0.0961. The van der Waals surface area contributed by atoms with Crippen molar-refractivity contribution in [2.45, 2.75) is 20.3 Å². The lowest BCUT2D eigenvalue weighted by Crippen LogP contribution is -2.47. The van der Waals surface area contributed by atoms with Crippen molar-refractivity contribution in [1.82, 2.24) is 29.6 Å². The molecule has 1 amide bonds. The fourth-order valence-corrected chi connectivity index (χ4v) is 3.94. The van der Waals surface area contributed by atoms with Gasteiger partial charge in [-0.25, -0.2) is 4.52 Å². The second-order valence-electron chi connectivity index (χ2n) is 7.71. The highest BCUT2D eigenvalue weighted by molar-refractivity contribution is 5.94. The SMILES string of the molecule is CCc1nn2c(C)c(C(=O)N3CCN(C)CC3)nnc2c1-c1ccc(OC)c(OC)c1. The number of carbonyl (C=O) groups is 1. The molecule has 0 aliphatic carbocycles. The van der Waals surface area contributed by atoms with Gasteiger partial charge in [0.05, 0.1) is 31.2 Å². The maximum Gasteiger partial charge on any atom is 0.276 e. The zero-order valence-electron chi connectivity index (χ0n) is 18.7. The molecule has 31 heavy (non-hydrogen) atoms. The van der Waals surface area contributed by atoms with Gasteiger partial charge in [-0.05, 0) is 38.1 Å². The molecule has 0 N–H and O–H groups in total. The number of rotatable bonds is 5. The summed E-state index contributed by atoms with van der Waals surface area (Å²) in [6, 6.07) is 5.73. The number of ether oxygens (including phenoxy) is 2. The van der Waals surface area contributed by atoms with Crippen LogP contribution in [0.2, 0.25) is 0 Å². The quantitative estimate of drug-likeness (QED) is 0.620. The molecule has 0 radical (unpaired) electrons. The first-order chi connectivity index (χ1) is 15.0. The maximum absolute atomic E-state index is 13.1. The third-order valence-electron chi connectivity index (χ3n) is 5.84. The molecule has 0 bridgehead atoms. The predicted octanol–water partition coefficient (Wildman–Crippen LogP) is 2.07. The molecule has 2 aromatic heterocycles. The van der Waals surface area contributed by atoms with Crippen LogP contribution < -0.4 is 9.47 Å². The maximum atomic E-state index is 13.1. The number of likely N-dealkylation sites (N-methyl/N-ethyl adjacent to an activating group) is 1. The number of benzene rings is 1. The number of piperazine rings is 1. The van der Waals surface area contributed by atoms with Crippen molar-refractivity contribution >= 4 is 11.6 Å². The third kappa shape index (κ3) is 3.69. The molecule has 1 aliphatic heterocycles. The minimum absolute atomic E-state index is 0.0961. The first kappa shape index (κ1) is 21.0. The highest BCUT2D eigenvalue weighted by Gasteiger charge is 2.26. The zero-order valence-corrected chi connectivity index (χ0v) is 18.7. The van der Waals surface area contributed by atoms with Crippen molar-refractivity contribution in [2.24, 2.45) is 0 Å². The van der Waals surface area contributed by atoms with Gasteiger partial charge in [-0.3, -0.25) is 4.79 Å². The molecule has 3 aromatic rings.